The molecule has 0 saturated heterocycles. The van der Waals surface area contributed by atoms with Crippen molar-refractivity contribution in [3.63, 3.8) is 0 Å². The Morgan fingerprint density at radius 1 is 0.929 bits per heavy atom. The summed E-state index contributed by atoms with van der Waals surface area (Å²) >= 11 is 1.46. The van der Waals surface area contributed by atoms with Crippen molar-refractivity contribution >= 4 is 29.2 Å². The van der Waals surface area contributed by atoms with E-state index in [2.05, 4.69) is 20.8 Å². The molecule has 0 aliphatic rings. The third kappa shape index (κ3) is 7.18. The molecule has 11 heteroatoms. The summed E-state index contributed by atoms with van der Waals surface area (Å²) in [6.45, 7) is 2.00. The molecule has 1 unspecified atom stereocenters. The number of nitrogens with zero attached hydrogens (tertiary/aromatic N) is 4. The zero-order valence-electron chi connectivity index (χ0n) is 22.6. The standard InChI is InChI=1S/C31H27FN6O3S/c1-21-7-15-26(16-8-21)37-29(35-36-31(37)42-20-23-9-11-24(32)12-10-23)28(19-22-5-3-2-4-6-22)34-30(39)33-25-13-17-27(18-14-25)38(40)41/h2-18,28H,19-20H2,1H3,(H2,33,34,39). The maximum atomic E-state index is 13.4. The number of nitrogens with one attached hydrogen (secondary N) is 2. The molecule has 2 N–H and O–H groups in total. The van der Waals surface area contributed by atoms with Crippen LogP contribution in [0.25, 0.3) is 5.69 Å². The summed E-state index contributed by atoms with van der Waals surface area (Å²) in [7, 11) is 0. The monoisotopic (exact) mass is 582 g/mol. The van der Waals surface area contributed by atoms with Crippen LogP contribution in [0.5, 0.6) is 0 Å². The quantitative estimate of drug-likeness (QED) is 0.104. The topological polar surface area (TPSA) is 115 Å². The molecule has 1 heterocycles. The molecule has 4 aromatic carbocycles. The lowest BCUT2D eigenvalue weighted by Gasteiger charge is -2.21. The first kappa shape index (κ1) is 28.5. The number of nitro groups is 1. The van der Waals surface area contributed by atoms with Crippen LogP contribution in [0.1, 0.15) is 28.6 Å². The van der Waals surface area contributed by atoms with Gasteiger partial charge in [0.1, 0.15) is 5.82 Å². The number of rotatable bonds is 10. The predicted molar refractivity (Wildman–Crippen MR) is 160 cm³/mol. The van der Waals surface area contributed by atoms with E-state index in [1.165, 1.54) is 48.2 Å². The molecule has 1 atom stereocenters. The average Bonchev–Trinajstić information content (AvgIpc) is 3.41. The number of non-ortho nitro benzene ring substituents is 1. The first-order valence-corrected chi connectivity index (χ1v) is 14.1. The lowest BCUT2D eigenvalue weighted by Crippen LogP contribution is -2.35. The van der Waals surface area contributed by atoms with Gasteiger partial charge in [-0.3, -0.25) is 14.7 Å². The van der Waals surface area contributed by atoms with Crippen LogP contribution >= 0.6 is 11.8 Å². The molecule has 9 nitrogen and oxygen atoms in total. The summed E-state index contributed by atoms with van der Waals surface area (Å²) < 4.78 is 15.4. The van der Waals surface area contributed by atoms with E-state index in [1.54, 1.807) is 12.1 Å². The predicted octanol–water partition coefficient (Wildman–Crippen LogP) is 7.02. The number of anilines is 1. The average molecular weight is 583 g/mol. The second-order valence-electron chi connectivity index (χ2n) is 9.57. The van der Waals surface area contributed by atoms with E-state index < -0.39 is 17.0 Å². The minimum absolute atomic E-state index is 0.0696. The first-order chi connectivity index (χ1) is 20.4. The van der Waals surface area contributed by atoms with Crippen molar-refractivity contribution in [1.82, 2.24) is 20.1 Å². The van der Waals surface area contributed by atoms with Crippen LogP contribution in [-0.2, 0) is 12.2 Å². The fourth-order valence-electron chi connectivity index (χ4n) is 4.31. The van der Waals surface area contributed by atoms with Crippen molar-refractivity contribution in [2.75, 3.05) is 5.32 Å². The Balaban J connectivity index is 1.47. The summed E-state index contributed by atoms with van der Waals surface area (Å²) in [6.07, 6.45) is 0.432. The van der Waals surface area contributed by atoms with Crippen LogP contribution < -0.4 is 10.6 Å². The Kier molecular flexibility index (Phi) is 8.88. The molecular formula is C31H27FN6O3S. The highest BCUT2D eigenvalue weighted by Gasteiger charge is 2.25. The number of thioether (sulfide) groups is 1. The van der Waals surface area contributed by atoms with E-state index in [0.29, 0.717) is 28.8 Å². The van der Waals surface area contributed by atoms with E-state index in [9.17, 15) is 19.3 Å². The van der Waals surface area contributed by atoms with E-state index >= 15 is 0 Å². The van der Waals surface area contributed by atoms with E-state index in [-0.39, 0.29) is 11.5 Å². The van der Waals surface area contributed by atoms with Crippen molar-refractivity contribution in [3.05, 3.63) is 142 Å². The molecule has 0 saturated carbocycles. The molecule has 42 heavy (non-hydrogen) atoms. The number of urea groups is 1. The fourth-order valence-corrected chi connectivity index (χ4v) is 5.23. The van der Waals surface area contributed by atoms with Gasteiger partial charge in [-0.05, 0) is 54.4 Å². The largest absolute Gasteiger partial charge is 0.327 e. The normalized spacial score (nSPS) is 11.6. The Bertz CT molecular complexity index is 1660. The van der Waals surface area contributed by atoms with Crippen molar-refractivity contribution in [1.29, 1.82) is 0 Å². The summed E-state index contributed by atoms with van der Waals surface area (Å²) in [5.41, 5.74) is 4.18. The van der Waals surface area contributed by atoms with Crippen LogP contribution in [0.2, 0.25) is 0 Å². The zero-order chi connectivity index (χ0) is 29.5. The molecule has 212 valence electrons. The summed E-state index contributed by atoms with van der Waals surface area (Å²) in [6, 6.07) is 28.5. The zero-order valence-corrected chi connectivity index (χ0v) is 23.4. The second-order valence-corrected chi connectivity index (χ2v) is 10.5. The minimum atomic E-state index is -0.584. The SMILES string of the molecule is Cc1ccc(-n2c(SCc3ccc(F)cc3)nnc2C(Cc2ccccc2)NC(=O)Nc2ccc([N+](=O)[O-])cc2)cc1. The number of amides is 2. The number of hydrogen-bond donors (Lipinski definition) is 2. The molecule has 5 aromatic rings. The summed E-state index contributed by atoms with van der Waals surface area (Å²) in [4.78, 5) is 23.7. The number of hydrogen-bond acceptors (Lipinski definition) is 6. The maximum Gasteiger partial charge on any atom is 0.319 e. The van der Waals surface area contributed by atoms with Gasteiger partial charge < -0.3 is 10.6 Å². The van der Waals surface area contributed by atoms with Gasteiger partial charge in [0.25, 0.3) is 5.69 Å². The molecule has 0 aliphatic carbocycles. The third-order valence-electron chi connectivity index (χ3n) is 6.47. The Morgan fingerprint density at radius 2 is 1.62 bits per heavy atom. The highest BCUT2D eigenvalue weighted by molar-refractivity contribution is 7.98. The Labute approximate surface area is 246 Å². The first-order valence-electron chi connectivity index (χ1n) is 13.1. The smallest absolute Gasteiger partial charge is 0.319 e. The van der Waals surface area contributed by atoms with E-state index in [0.717, 1.165) is 22.4 Å². The van der Waals surface area contributed by atoms with Crippen LogP contribution in [0.15, 0.2) is 108 Å². The van der Waals surface area contributed by atoms with Gasteiger partial charge in [0.05, 0.1) is 11.0 Å². The summed E-state index contributed by atoms with van der Waals surface area (Å²) in [5.74, 6) is 0.778. The number of nitro benzene ring substituents is 1. The molecule has 0 spiro atoms. The molecule has 0 bridgehead atoms. The second kappa shape index (κ2) is 13.1. The highest BCUT2D eigenvalue weighted by atomic mass is 32.2. The van der Waals surface area contributed by atoms with Gasteiger partial charge in [-0.15, -0.1) is 10.2 Å². The number of halogens is 1. The third-order valence-corrected chi connectivity index (χ3v) is 7.47. The van der Waals surface area contributed by atoms with Crippen LogP contribution in [0.4, 0.5) is 20.6 Å². The van der Waals surface area contributed by atoms with Crippen molar-refractivity contribution in [3.8, 4) is 5.69 Å². The molecule has 0 fully saturated rings. The van der Waals surface area contributed by atoms with Crippen LogP contribution in [0, 0.1) is 22.9 Å². The van der Waals surface area contributed by atoms with Crippen LogP contribution in [-0.4, -0.2) is 25.7 Å². The number of aromatic nitrogens is 3. The lowest BCUT2D eigenvalue weighted by atomic mass is 10.1. The molecule has 0 aliphatic heterocycles. The van der Waals surface area contributed by atoms with Crippen molar-refractivity contribution in [2.24, 2.45) is 0 Å². The van der Waals surface area contributed by atoms with Gasteiger partial charge in [0.15, 0.2) is 11.0 Å². The molecule has 2 amide bonds. The maximum absolute atomic E-state index is 13.4. The van der Waals surface area contributed by atoms with Gasteiger partial charge in [0.2, 0.25) is 0 Å². The number of carbonyl (C=O) groups is 1. The van der Waals surface area contributed by atoms with Crippen molar-refractivity contribution in [2.45, 2.75) is 30.3 Å². The fraction of sp³-hybridized carbons (Fsp3) is 0.129. The van der Waals surface area contributed by atoms with E-state index in [1.807, 2.05) is 66.1 Å². The molecule has 5 rings (SSSR count). The Morgan fingerprint density at radius 3 is 2.29 bits per heavy atom. The van der Waals surface area contributed by atoms with E-state index in [4.69, 9.17) is 0 Å². The van der Waals surface area contributed by atoms with Gasteiger partial charge >= 0.3 is 6.03 Å². The van der Waals surface area contributed by atoms with Crippen molar-refractivity contribution < 1.29 is 14.1 Å². The molecular weight excluding hydrogens is 555 g/mol. The number of aryl methyl sites for hydroxylation is 1. The van der Waals surface area contributed by atoms with Gasteiger partial charge in [-0.25, -0.2) is 9.18 Å². The molecule has 1 aromatic heterocycles. The number of benzene rings is 4. The van der Waals surface area contributed by atoms with Crippen LogP contribution in [0.3, 0.4) is 0 Å². The van der Waals surface area contributed by atoms with Gasteiger partial charge in [0, 0.05) is 35.7 Å². The Hall–Kier alpha value is -5.03. The summed E-state index contributed by atoms with van der Waals surface area (Å²) in [5, 5.41) is 26.4. The number of carbonyl (C=O) groups excluding carboxylic acids is 1. The molecule has 0 radical (unpaired) electrons. The van der Waals surface area contributed by atoms with Gasteiger partial charge in [-0.2, -0.15) is 0 Å². The lowest BCUT2D eigenvalue weighted by molar-refractivity contribution is -0.384. The minimum Gasteiger partial charge on any atom is -0.327 e. The highest BCUT2D eigenvalue weighted by Crippen LogP contribution is 2.29. The van der Waals surface area contributed by atoms with Gasteiger partial charge in [-0.1, -0.05) is 71.9 Å².